The number of fused-ring (bicyclic) bond motifs is 1. The predicted molar refractivity (Wildman–Crippen MR) is 101 cm³/mol. The van der Waals surface area contributed by atoms with Crippen LogP contribution in [0.4, 0.5) is 8.78 Å². The number of aromatic nitrogens is 4. The van der Waals surface area contributed by atoms with E-state index in [1.165, 1.54) is 4.68 Å². The van der Waals surface area contributed by atoms with E-state index in [-0.39, 0.29) is 42.8 Å². The maximum Gasteiger partial charge on any atom is 0.287 e. The molecule has 176 valence electrons. The van der Waals surface area contributed by atoms with Gasteiger partial charge in [0.25, 0.3) is 17.4 Å². The number of aliphatic carboxylic acids is 1. The van der Waals surface area contributed by atoms with E-state index < -0.39 is 46.9 Å². The number of thioether (sulfide) groups is 2. The summed E-state index contributed by atoms with van der Waals surface area (Å²) in [7, 11) is 1.09. The molecule has 0 spiro atoms. The molecular weight excluding hydrogens is 478 g/mol. The van der Waals surface area contributed by atoms with Gasteiger partial charge in [0.1, 0.15) is 0 Å². The van der Waals surface area contributed by atoms with Crippen molar-refractivity contribution in [1.82, 2.24) is 30.4 Å². The molecule has 1 aromatic rings. The number of alkyl halides is 2. The Bertz CT molecular complexity index is 932. The smallest absolute Gasteiger partial charge is 0.287 e. The molecule has 32 heavy (non-hydrogen) atoms. The van der Waals surface area contributed by atoms with Crippen LogP contribution < -0.4 is 10.4 Å². The van der Waals surface area contributed by atoms with E-state index in [4.69, 9.17) is 14.6 Å². The van der Waals surface area contributed by atoms with Gasteiger partial charge in [-0.25, -0.2) is 4.68 Å². The van der Waals surface area contributed by atoms with Crippen molar-refractivity contribution in [2.24, 2.45) is 0 Å². The van der Waals surface area contributed by atoms with Crippen LogP contribution in [-0.4, -0.2) is 97.5 Å². The number of hydrogen-bond donors (Lipinski definition) is 2. The Kier molecular flexibility index (Phi) is 7.65. The van der Waals surface area contributed by atoms with E-state index in [0.29, 0.717) is 5.16 Å². The topological polar surface area (TPSA) is 172 Å². The zero-order chi connectivity index (χ0) is 23.5. The lowest BCUT2D eigenvalue weighted by molar-refractivity contribution is -0.308. The maximum absolute atomic E-state index is 12.8. The number of carbonyl (C=O) groups is 3. The lowest BCUT2D eigenvalue weighted by Gasteiger charge is -2.56. The Balaban J connectivity index is 1.77. The molecule has 3 heterocycles. The first-order valence-corrected chi connectivity index (χ1v) is 10.9. The molecule has 3 rings (SSSR count). The van der Waals surface area contributed by atoms with Crippen LogP contribution in [0.5, 0.6) is 0 Å². The SMILES string of the molecule is CO[C@@]1(NC(=O)CSC(F)F)C(=O)N2C(C(=O)[O-])=C(CSc3nnnn3CCO)COC21. The van der Waals surface area contributed by atoms with Gasteiger partial charge in [-0.2, -0.15) is 8.78 Å². The molecular formula is C15H17F2N6O7S2-. The Labute approximate surface area is 187 Å². The van der Waals surface area contributed by atoms with Crippen LogP contribution in [0.3, 0.4) is 0 Å². The van der Waals surface area contributed by atoms with E-state index in [9.17, 15) is 28.3 Å². The van der Waals surface area contributed by atoms with Crippen LogP contribution in [0.1, 0.15) is 0 Å². The molecule has 0 aliphatic carbocycles. The number of hydrogen-bond acceptors (Lipinski definition) is 12. The summed E-state index contributed by atoms with van der Waals surface area (Å²) in [5.41, 5.74) is -2.32. The molecule has 0 saturated carbocycles. The molecule has 1 unspecified atom stereocenters. The molecule has 2 amide bonds. The molecule has 0 aromatic carbocycles. The van der Waals surface area contributed by atoms with E-state index in [0.717, 1.165) is 23.8 Å². The van der Waals surface area contributed by atoms with Gasteiger partial charge in [-0.15, -0.1) is 5.10 Å². The number of nitrogens with one attached hydrogen (secondary N) is 1. The lowest BCUT2D eigenvalue weighted by Crippen LogP contribution is -2.83. The molecule has 2 aliphatic rings. The third-order valence-electron chi connectivity index (χ3n) is 4.48. The summed E-state index contributed by atoms with van der Waals surface area (Å²) in [5, 5.41) is 34.3. The minimum atomic E-state index is -2.79. The minimum absolute atomic E-state index is 0.0169. The lowest BCUT2D eigenvalue weighted by atomic mass is 9.94. The van der Waals surface area contributed by atoms with Crippen LogP contribution in [0.15, 0.2) is 16.4 Å². The van der Waals surface area contributed by atoms with E-state index in [2.05, 4.69) is 20.8 Å². The van der Waals surface area contributed by atoms with Crippen molar-refractivity contribution in [1.29, 1.82) is 0 Å². The van der Waals surface area contributed by atoms with Crippen LogP contribution in [-0.2, 0) is 30.4 Å². The summed E-state index contributed by atoms with van der Waals surface area (Å²) in [4.78, 5) is 37.4. The second-order valence-electron chi connectivity index (χ2n) is 6.33. The number of aliphatic hydroxyl groups excluding tert-OH is 1. The monoisotopic (exact) mass is 495 g/mol. The molecule has 13 nitrogen and oxygen atoms in total. The minimum Gasteiger partial charge on any atom is -0.543 e. The maximum atomic E-state index is 12.8. The molecule has 2 atom stereocenters. The molecule has 0 bridgehead atoms. The molecule has 0 radical (unpaired) electrons. The number of carbonyl (C=O) groups excluding carboxylic acids is 3. The highest BCUT2D eigenvalue weighted by Crippen LogP contribution is 2.41. The molecule has 17 heteroatoms. The van der Waals surface area contributed by atoms with Crippen molar-refractivity contribution in [2.45, 2.75) is 29.4 Å². The third kappa shape index (κ3) is 4.56. The molecule has 1 saturated heterocycles. The second kappa shape index (κ2) is 10.1. The van der Waals surface area contributed by atoms with Gasteiger partial charge in [-0.1, -0.05) is 23.5 Å². The van der Waals surface area contributed by atoms with Gasteiger partial charge < -0.3 is 29.8 Å². The molecule has 2 aliphatic heterocycles. The highest BCUT2D eigenvalue weighted by molar-refractivity contribution is 8.00. The highest BCUT2D eigenvalue weighted by Gasteiger charge is 2.66. The number of rotatable bonds is 11. The van der Waals surface area contributed by atoms with E-state index in [1.807, 2.05) is 0 Å². The number of amides is 2. The van der Waals surface area contributed by atoms with E-state index in [1.54, 1.807) is 0 Å². The summed E-state index contributed by atoms with van der Waals surface area (Å²) < 4.78 is 36.6. The highest BCUT2D eigenvalue weighted by atomic mass is 32.2. The van der Waals surface area contributed by atoms with Crippen molar-refractivity contribution in [3.8, 4) is 0 Å². The molecule has 2 N–H and O–H groups in total. The predicted octanol–water partition coefficient (Wildman–Crippen LogP) is -2.63. The summed E-state index contributed by atoms with van der Waals surface area (Å²) in [6.45, 7) is -0.330. The molecule has 1 aromatic heterocycles. The number of halogens is 2. The number of tetrazole rings is 1. The van der Waals surface area contributed by atoms with Gasteiger partial charge in [-0.3, -0.25) is 14.5 Å². The molecule has 1 fully saturated rings. The van der Waals surface area contributed by atoms with E-state index >= 15 is 0 Å². The van der Waals surface area contributed by atoms with Crippen molar-refractivity contribution < 1.29 is 42.9 Å². The van der Waals surface area contributed by atoms with Crippen LogP contribution in [0, 0.1) is 0 Å². The fraction of sp³-hybridized carbons (Fsp3) is 0.600. The van der Waals surface area contributed by atoms with Gasteiger partial charge in [0.2, 0.25) is 11.1 Å². The van der Waals surface area contributed by atoms with Gasteiger partial charge in [0.05, 0.1) is 37.2 Å². The number of aliphatic hydroxyl groups is 1. The first-order valence-electron chi connectivity index (χ1n) is 8.89. The largest absolute Gasteiger partial charge is 0.543 e. The third-order valence-corrected chi connectivity index (χ3v) is 6.20. The van der Waals surface area contributed by atoms with Crippen molar-refractivity contribution in [3.05, 3.63) is 11.3 Å². The van der Waals surface area contributed by atoms with Crippen molar-refractivity contribution in [2.75, 3.05) is 31.8 Å². The summed E-state index contributed by atoms with van der Waals surface area (Å²) in [6.07, 6.45) is -1.33. The number of carboxylic acid groups (broad SMARTS) is 1. The number of β-lactam (4-membered cyclic amide) rings is 1. The zero-order valence-corrected chi connectivity index (χ0v) is 18.0. The average Bonchev–Trinajstić information content (AvgIpc) is 3.20. The standard InChI is InChI=1S/C15H18F2N6O7S2/c1-29-15(18-8(25)6-31-13(16)17)11(28)23-9(10(26)27)7(4-30-12(15)23)5-32-14-19-20-21-22(14)2-3-24/h12-13,24H,2-6H2,1H3,(H,18,25)(H,26,27)/p-1/t12?,15-/m0/s1. The van der Waals surface area contributed by atoms with Gasteiger partial charge in [0, 0.05) is 12.9 Å². The quantitative estimate of drug-likeness (QED) is 0.186. The number of nitrogens with zero attached hydrogens (tertiary/aromatic N) is 5. The number of ether oxygens (including phenoxy) is 2. The van der Waals surface area contributed by atoms with Gasteiger partial charge in [0.15, 0.2) is 6.23 Å². The number of methoxy groups -OCH3 is 1. The Morgan fingerprint density at radius 2 is 2.25 bits per heavy atom. The van der Waals surface area contributed by atoms with Crippen LogP contribution in [0.2, 0.25) is 0 Å². The fourth-order valence-electron chi connectivity index (χ4n) is 3.11. The zero-order valence-electron chi connectivity index (χ0n) is 16.4. The summed E-state index contributed by atoms with van der Waals surface area (Å²) in [5.74, 6) is -6.93. The fourth-order valence-corrected chi connectivity index (χ4v) is 4.36. The first kappa shape index (κ1) is 24.3. The van der Waals surface area contributed by atoms with Gasteiger partial charge in [-0.05, 0) is 16.0 Å². The average molecular weight is 495 g/mol. The Morgan fingerprint density at radius 3 is 2.88 bits per heavy atom. The normalized spacial score (nSPS) is 22.7. The van der Waals surface area contributed by atoms with Crippen molar-refractivity contribution in [3.63, 3.8) is 0 Å². The second-order valence-corrected chi connectivity index (χ2v) is 8.26. The Hall–Kier alpha value is -2.34. The Morgan fingerprint density at radius 1 is 1.50 bits per heavy atom. The van der Waals surface area contributed by atoms with Crippen molar-refractivity contribution >= 4 is 41.3 Å². The number of carboxylic acids is 1. The summed E-state index contributed by atoms with van der Waals surface area (Å²) >= 11 is 1.10. The summed E-state index contributed by atoms with van der Waals surface area (Å²) in [6, 6.07) is 0. The van der Waals surface area contributed by atoms with Gasteiger partial charge >= 0.3 is 0 Å². The van der Waals surface area contributed by atoms with Crippen LogP contribution >= 0.6 is 23.5 Å². The van der Waals surface area contributed by atoms with Crippen LogP contribution in [0.25, 0.3) is 0 Å². The first-order chi connectivity index (χ1) is 15.2.